The van der Waals surface area contributed by atoms with Crippen LogP contribution in [0.4, 0.5) is 0 Å². The molecule has 0 fully saturated rings. The molecule has 1 aliphatic carbocycles. The van der Waals surface area contributed by atoms with Gasteiger partial charge in [-0.1, -0.05) is 13.8 Å². The number of hydrogen-bond acceptors (Lipinski definition) is 3. The van der Waals surface area contributed by atoms with E-state index in [2.05, 4.69) is 41.2 Å². The fraction of sp³-hybridized carbons (Fsp3) is 0.714. The van der Waals surface area contributed by atoms with Gasteiger partial charge in [0.2, 0.25) is 0 Å². The molecule has 1 heterocycles. The zero-order valence-electron chi connectivity index (χ0n) is 11.1. The summed E-state index contributed by atoms with van der Waals surface area (Å²) in [5.41, 5.74) is 0.887. The van der Waals surface area contributed by atoms with Crippen molar-refractivity contribution in [1.29, 1.82) is 0 Å². The molecule has 1 aromatic heterocycles. The Morgan fingerprint density at radius 1 is 1.50 bits per heavy atom. The first-order chi connectivity index (χ1) is 8.58. The topological polar surface area (TPSA) is 32.3 Å². The normalized spacial score (nSPS) is 19.9. The average molecular weight is 332 g/mol. The van der Waals surface area contributed by atoms with E-state index in [9.17, 15) is 5.11 Å². The maximum absolute atomic E-state index is 10.3. The van der Waals surface area contributed by atoms with Crippen molar-refractivity contribution in [3.8, 4) is 0 Å². The van der Waals surface area contributed by atoms with Gasteiger partial charge in [0, 0.05) is 17.5 Å². The van der Waals surface area contributed by atoms with Crippen molar-refractivity contribution in [1.82, 2.24) is 5.32 Å². The van der Waals surface area contributed by atoms with Crippen LogP contribution in [-0.2, 0) is 6.42 Å². The molecule has 2 N–H and O–H groups in total. The van der Waals surface area contributed by atoms with Gasteiger partial charge in [-0.25, -0.2) is 0 Å². The molecule has 0 bridgehead atoms. The molecule has 1 aromatic rings. The molecule has 102 valence electrons. The number of hydrogen-bond donors (Lipinski definition) is 2. The highest BCUT2D eigenvalue weighted by molar-refractivity contribution is 9.11. The molecule has 2 rings (SSSR count). The third-order valence-corrected chi connectivity index (χ3v) is 5.79. The Balaban J connectivity index is 2.03. The van der Waals surface area contributed by atoms with Gasteiger partial charge >= 0.3 is 0 Å². The van der Waals surface area contributed by atoms with Crippen LogP contribution in [0.1, 0.15) is 56.0 Å². The molecule has 2 nitrogen and oxygen atoms in total. The molecule has 0 saturated heterocycles. The van der Waals surface area contributed by atoms with Crippen LogP contribution in [0.5, 0.6) is 0 Å². The van der Waals surface area contributed by atoms with Gasteiger partial charge < -0.3 is 10.4 Å². The van der Waals surface area contributed by atoms with E-state index >= 15 is 0 Å². The van der Waals surface area contributed by atoms with Gasteiger partial charge in [-0.2, -0.15) is 0 Å². The molecule has 1 aliphatic rings. The highest BCUT2D eigenvalue weighted by atomic mass is 79.9. The molecule has 0 aromatic carbocycles. The summed E-state index contributed by atoms with van der Waals surface area (Å²) in [5.74, 6) is 0. The third-order valence-electron chi connectivity index (χ3n) is 4.08. The number of aryl methyl sites for hydroxylation is 1. The molecule has 0 spiro atoms. The second-order valence-corrected chi connectivity index (χ2v) is 7.70. The van der Waals surface area contributed by atoms with Crippen molar-refractivity contribution in [3.05, 3.63) is 20.3 Å². The zero-order chi connectivity index (χ0) is 13.2. The lowest BCUT2D eigenvalue weighted by molar-refractivity contribution is 0.0293. The number of thiophene rings is 1. The predicted octanol–water partition coefficient (Wildman–Crippen LogP) is 4.03. The van der Waals surface area contributed by atoms with Gasteiger partial charge in [0.1, 0.15) is 0 Å². The fourth-order valence-electron chi connectivity index (χ4n) is 2.55. The Hall–Kier alpha value is 0.100. The minimum absolute atomic E-state index is 0.418. The molecule has 0 radical (unpaired) electrons. The Labute approximate surface area is 122 Å². The standard InChI is InChI=1S/C14H22BrNOS/c1-3-14(17,4-2)9-16-11-6-5-7-12-10(11)8-13(15)18-12/h8,11,16-17H,3-7,9H2,1-2H3. The first kappa shape index (κ1) is 14.5. The Morgan fingerprint density at radius 2 is 2.22 bits per heavy atom. The number of nitrogens with one attached hydrogen (secondary N) is 1. The van der Waals surface area contributed by atoms with Crippen LogP contribution < -0.4 is 5.32 Å². The summed E-state index contributed by atoms with van der Waals surface area (Å²) in [7, 11) is 0. The van der Waals surface area contributed by atoms with E-state index in [4.69, 9.17) is 0 Å². The van der Waals surface area contributed by atoms with Crippen LogP contribution in [-0.4, -0.2) is 17.3 Å². The van der Waals surface area contributed by atoms with Gasteiger partial charge in [0.05, 0.1) is 9.39 Å². The van der Waals surface area contributed by atoms with Gasteiger partial charge in [-0.05, 0) is 59.7 Å². The number of halogens is 1. The Bertz CT molecular complexity index is 400. The van der Waals surface area contributed by atoms with Crippen LogP contribution in [0.25, 0.3) is 0 Å². The van der Waals surface area contributed by atoms with Crippen molar-refractivity contribution in [2.45, 2.75) is 57.6 Å². The number of aliphatic hydroxyl groups is 1. The molecule has 0 aliphatic heterocycles. The van der Waals surface area contributed by atoms with E-state index in [0.717, 1.165) is 12.8 Å². The van der Waals surface area contributed by atoms with Gasteiger partial charge in [-0.15, -0.1) is 11.3 Å². The van der Waals surface area contributed by atoms with Crippen LogP contribution in [0, 0.1) is 0 Å². The van der Waals surface area contributed by atoms with Crippen molar-refractivity contribution < 1.29 is 5.11 Å². The maximum atomic E-state index is 10.3. The highest BCUT2D eigenvalue weighted by Crippen LogP contribution is 2.38. The summed E-state index contributed by atoms with van der Waals surface area (Å²) < 4.78 is 1.22. The maximum Gasteiger partial charge on any atom is 0.0766 e. The molecular weight excluding hydrogens is 310 g/mol. The SMILES string of the molecule is CCC(O)(CC)CNC1CCCc2sc(Br)cc21. The van der Waals surface area contributed by atoms with E-state index in [-0.39, 0.29) is 0 Å². The van der Waals surface area contributed by atoms with E-state index in [1.54, 1.807) is 0 Å². The average Bonchev–Trinajstić information content (AvgIpc) is 2.76. The highest BCUT2D eigenvalue weighted by Gasteiger charge is 2.27. The molecule has 0 amide bonds. The number of rotatable bonds is 5. The van der Waals surface area contributed by atoms with Crippen LogP contribution in [0.2, 0.25) is 0 Å². The lowest BCUT2D eigenvalue weighted by atomic mass is 9.92. The summed E-state index contributed by atoms with van der Waals surface area (Å²) in [6, 6.07) is 2.66. The minimum atomic E-state index is -0.551. The van der Waals surface area contributed by atoms with Crippen LogP contribution in [0.3, 0.4) is 0 Å². The van der Waals surface area contributed by atoms with Crippen molar-refractivity contribution >= 4 is 27.3 Å². The fourth-order valence-corrected chi connectivity index (χ4v) is 4.37. The molecule has 18 heavy (non-hydrogen) atoms. The molecular formula is C14H22BrNOS. The van der Waals surface area contributed by atoms with Gasteiger partial charge in [-0.3, -0.25) is 0 Å². The Morgan fingerprint density at radius 3 is 2.89 bits per heavy atom. The minimum Gasteiger partial charge on any atom is -0.389 e. The zero-order valence-corrected chi connectivity index (χ0v) is 13.5. The second-order valence-electron chi connectivity index (χ2n) is 5.19. The number of fused-ring (bicyclic) bond motifs is 1. The van der Waals surface area contributed by atoms with Crippen molar-refractivity contribution in [2.75, 3.05) is 6.54 Å². The third kappa shape index (κ3) is 3.16. The van der Waals surface area contributed by atoms with E-state index < -0.39 is 5.60 Å². The monoisotopic (exact) mass is 331 g/mol. The quantitative estimate of drug-likeness (QED) is 0.853. The first-order valence-corrected chi connectivity index (χ1v) is 8.43. The summed E-state index contributed by atoms with van der Waals surface area (Å²) >= 11 is 5.43. The van der Waals surface area contributed by atoms with E-state index in [0.29, 0.717) is 12.6 Å². The summed E-state index contributed by atoms with van der Waals surface area (Å²) in [6.07, 6.45) is 5.25. The first-order valence-electron chi connectivity index (χ1n) is 6.82. The summed E-state index contributed by atoms with van der Waals surface area (Å²) in [4.78, 5) is 1.50. The smallest absolute Gasteiger partial charge is 0.0766 e. The van der Waals surface area contributed by atoms with Crippen molar-refractivity contribution in [2.24, 2.45) is 0 Å². The van der Waals surface area contributed by atoms with E-state index in [1.807, 2.05) is 11.3 Å². The molecule has 1 atom stereocenters. The summed E-state index contributed by atoms with van der Waals surface area (Å²) in [5, 5.41) is 13.9. The predicted molar refractivity (Wildman–Crippen MR) is 81.2 cm³/mol. The lowest BCUT2D eigenvalue weighted by Gasteiger charge is -2.30. The van der Waals surface area contributed by atoms with Crippen molar-refractivity contribution in [3.63, 3.8) is 0 Å². The van der Waals surface area contributed by atoms with Gasteiger partial charge in [0.15, 0.2) is 0 Å². The van der Waals surface area contributed by atoms with Crippen LogP contribution in [0.15, 0.2) is 9.85 Å². The van der Waals surface area contributed by atoms with Gasteiger partial charge in [0.25, 0.3) is 0 Å². The molecule has 0 saturated carbocycles. The Kier molecular flexibility index (Phi) is 4.86. The molecule has 4 heteroatoms. The van der Waals surface area contributed by atoms with Crippen LogP contribution >= 0.6 is 27.3 Å². The van der Waals surface area contributed by atoms with E-state index in [1.165, 1.54) is 33.5 Å². The largest absolute Gasteiger partial charge is 0.389 e. The summed E-state index contributed by atoms with van der Waals surface area (Å²) in [6.45, 7) is 4.80. The molecule has 1 unspecified atom stereocenters. The lowest BCUT2D eigenvalue weighted by Crippen LogP contribution is -2.41. The second kappa shape index (κ2) is 6.04.